The summed E-state index contributed by atoms with van der Waals surface area (Å²) < 4.78 is 0. The maximum Gasteiger partial charge on any atom is 0.241 e. The van der Waals surface area contributed by atoms with Crippen LogP contribution in [0.25, 0.3) is 0 Å². The van der Waals surface area contributed by atoms with Gasteiger partial charge in [-0.1, -0.05) is 59.6 Å². The second-order valence-corrected chi connectivity index (χ2v) is 5.63. The van der Waals surface area contributed by atoms with Gasteiger partial charge in [-0.25, -0.2) is 0 Å². The van der Waals surface area contributed by atoms with E-state index in [2.05, 4.69) is 5.32 Å². The van der Waals surface area contributed by atoms with Gasteiger partial charge < -0.3 is 11.1 Å². The van der Waals surface area contributed by atoms with Gasteiger partial charge in [0.15, 0.2) is 0 Å². The number of amides is 1. The van der Waals surface area contributed by atoms with Crippen molar-refractivity contribution in [3.8, 4) is 0 Å². The lowest BCUT2D eigenvalue weighted by molar-refractivity contribution is -0.123. The highest BCUT2D eigenvalue weighted by atomic mass is 35.5. The Balaban J connectivity index is 2.08. The van der Waals surface area contributed by atoms with E-state index in [1.807, 2.05) is 37.3 Å². The fraction of sp³-hybridized carbons (Fsp3) is 0.188. The van der Waals surface area contributed by atoms with Crippen LogP contribution < -0.4 is 11.1 Å². The summed E-state index contributed by atoms with van der Waals surface area (Å²) >= 11 is 12.0. The topological polar surface area (TPSA) is 55.1 Å². The van der Waals surface area contributed by atoms with Gasteiger partial charge in [0, 0.05) is 10.0 Å². The third-order valence-electron chi connectivity index (χ3n) is 3.23. The van der Waals surface area contributed by atoms with E-state index in [1.54, 1.807) is 18.2 Å². The first-order valence-corrected chi connectivity index (χ1v) is 7.30. The lowest BCUT2D eigenvalue weighted by Gasteiger charge is -2.19. The first-order chi connectivity index (χ1) is 9.99. The molecule has 0 aliphatic rings. The van der Waals surface area contributed by atoms with Crippen molar-refractivity contribution in [2.75, 3.05) is 0 Å². The quantitative estimate of drug-likeness (QED) is 0.897. The van der Waals surface area contributed by atoms with Crippen molar-refractivity contribution >= 4 is 29.1 Å². The highest BCUT2D eigenvalue weighted by molar-refractivity contribution is 6.35. The molecular formula is C16H16Cl2N2O. The normalized spacial score (nSPS) is 13.5. The van der Waals surface area contributed by atoms with Gasteiger partial charge >= 0.3 is 0 Å². The van der Waals surface area contributed by atoms with Gasteiger partial charge in [-0.2, -0.15) is 0 Å². The van der Waals surface area contributed by atoms with Gasteiger partial charge in [-0.3, -0.25) is 4.79 Å². The average Bonchev–Trinajstić information content (AvgIpc) is 2.47. The summed E-state index contributed by atoms with van der Waals surface area (Å²) in [7, 11) is 0. The molecule has 0 aliphatic carbocycles. The highest BCUT2D eigenvalue weighted by Crippen LogP contribution is 2.26. The maximum atomic E-state index is 12.2. The zero-order valence-corrected chi connectivity index (χ0v) is 13.0. The van der Waals surface area contributed by atoms with Crippen LogP contribution in [0.3, 0.4) is 0 Å². The van der Waals surface area contributed by atoms with Crippen LogP contribution in [0.5, 0.6) is 0 Å². The Morgan fingerprint density at radius 3 is 2.43 bits per heavy atom. The van der Waals surface area contributed by atoms with E-state index in [1.165, 1.54) is 0 Å². The molecule has 5 heteroatoms. The molecule has 2 aromatic carbocycles. The second kappa shape index (κ2) is 6.94. The SMILES string of the molecule is CC(NC(=O)[C@@H](N)c1ccccc1)c1ccc(Cl)cc1Cl. The molecule has 2 aromatic rings. The lowest BCUT2D eigenvalue weighted by Crippen LogP contribution is -2.35. The molecule has 2 rings (SSSR count). The summed E-state index contributed by atoms with van der Waals surface area (Å²) in [6, 6.07) is 13.4. The predicted octanol–water partition coefficient (Wildman–Crippen LogP) is 3.87. The van der Waals surface area contributed by atoms with Gasteiger partial charge in [0.2, 0.25) is 5.91 Å². The fourth-order valence-corrected chi connectivity index (χ4v) is 2.62. The number of halogens is 2. The van der Waals surface area contributed by atoms with E-state index in [-0.39, 0.29) is 11.9 Å². The van der Waals surface area contributed by atoms with Crippen molar-refractivity contribution in [1.82, 2.24) is 5.32 Å². The minimum absolute atomic E-state index is 0.250. The number of nitrogens with two attached hydrogens (primary N) is 1. The molecule has 0 aliphatic heterocycles. The molecule has 21 heavy (non-hydrogen) atoms. The predicted molar refractivity (Wildman–Crippen MR) is 86.4 cm³/mol. The minimum atomic E-state index is -0.709. The van der Waals surface area contributed by atoms with Gasteiger partial charge in [0.1, 0.15) is 6.04 Å². The van der Waals surface area contributed by atoms with E-state index >= 15 is 0 Å². The maximum absolute atomic E-state index is 12.2. The molecule has 0 spiro atoms. The molecule has 1 amide bonds. The molecule has 0 heterocycles. The molecule has 0 aromatic heterocycles. The van der Waals surface area contributed by atoms with Crippen LogP contribution in [0.2, 0.25) is 10.0 Å². The molecular weight excluding hydrogens is 307 g/mol. The zero-order valence-electron chi connectivity index (χ0n) is 11.5. The molecule has 0 radical (unpaired) electrons. The number of benzene rings is 2. The summed E-state index contributed by atoms with van der Waals surface area (Å²) in [5, 5.41) is 3.94. The van der Waals surface area contributed by atoms with Crippen molar-refractivity contribution in [1.29, 1.82) is 0 Å². The molecule has 0 fully saturated rings. The molecule has 3 nitrogen and oxygen atoms in total. The number of carbonyl (C=O) groups is 1. The lowest BCUT2D eigenvalue weighted by atomic mass is 10.0. The number of rotatable bonds is 4. The Bertz CT molecular complexity index is 631. The van der Waals surface area contributed by atoms with Gasteiger partial charge in [0.05, 0.1) is 6.04 Å². The molecule has 0 saturated carbocycles. The summed E-state index contributed by atoms with van der Waals surface area (Å²) in [4.78, 5) is 12.2. The van der Waals surface area contributed by atoms with Crippen molar-refractivity contribution < 1.29 is 4.79 Å². The Labute approximate surface area is 134 Å². The summed E-state index contributed by atoms with van der Waals surface area (Å²) in [5.41, 5.74) is 7.53. The summed E-state index contributed by atoms with van der Waals surface area (Å²) in [6.45, 7) is 1.85. The number of hydrogen-bond acceptors (Lipinski definition) is 2. The van der Waals surface area contributed by atoms with Crippen molar-refractivity contribution in [3.05, 3.63) is 69.7 Å². The average molecular weight is 323 g/mol. The largest absolute Gasteiger partial charge is 0.348 e. The van der Waals surface area contributed by atoms with Crippen LogP contribution in [0.15, 0.2) is 48.5 Å². The Morgan fingerprint density at radius 2 is 1.81 bits per heavy atom. The van der Waals surface area contributed by atoms with Crippen LogP contribution in [-0.2, 0) is 4.79 Å². The van der Waals surface area contributed by atoms with Gasteiger partial charge in [0.25, 0.3) is 0 Å². The van der Waals surface area contributed by atoms with Crippen LogP contribution in [0.4, 0.5) is 0 Å². The monoisotopic (exact) mass is 322 g/mol. The third-order valence-corrected chi connectivity index (χ3v) is 3.79. The Kier molecular flexibility index (Phi) is 5.23. The molecule has 0 saturated heterocycles. The molecule has 110 valence electrons. The number of carbonyl (C=O) groups excluding carboxylic acids is 1. The van der Waals surface area contributed by atoms with E-state index in [0.29, 0.717) is 10.0 Å². The van der Waals surface area contributed by atoms with E-state index in [0.717, 1.165) is 11.1 Å². The van der Waals surface area contributed by atoms with Crippen LogP contribution in [-0.4, -0.2) is 5.91 Å². The van der Waals surface area contributed by atoms with Crippen molar-refractivity contribution in [2.24, 2.45) is 5.73 Å². The first-order valence-electron chi connectivity index (χ1n) is 6.55. The summed E-state index contributed by atoms with van der Waals surface area (Å²) in [5.74, 6) is -0.250. The van der Waals surface area contributed by atoms with E-state index < -0.39 is 6.04 Å². The van der Waals surface area contributed by atoms with Crippen LogP contribution in [0, 0.1) is 0 Å². The Morgan fingerprint density at radius 1 is 1.14 bits per heavy atom. The number of hydrogen-bond donors (Lipinski definition) is 2. The second-order valence-electron chi connectivity index (χ2n) is 4.78. The van der Waals surface area contributed by atoms with Crippen LogP contribution in [0.1, 0.15) is 30.1 Å². The Hall–Kier alpha value is -1.55. The van der Waals surface area contributed by atoms with Crippen LogP contribution >= 0.6 is 23.2 Å². The molecule has 2 atom stereocenters. The van der Waals surface area contributed by atoms with E-state index in [9.17, 15) is 4.79 Å². The van der Waals surface area contributed by atoms with Crippen molar-refractivity contribution in [3.63, 3.8) is 0 Å². The zero-order chi connectivity index (χ0) is 15.4. The smallest absolute Gasteiger partial charge is 0.241 e. The number of nitrogens with one attached hydrogen (secondary N) is 1. The highest BCUT2D eigenvalue weighted by Gasteiger charge is 2.19. The van der Waals surface area contributed by atoms with E-state index in [4.69, 9.17) is 28.9 Å². The standard InChI is InChI=1S/C16H16Cl2N2O/c1-10(13-8-7-12(17)9-14(13)18)20-16(21)15(19)11-5-3-2-4-6-11/h2-10,15H,19H2,1H3,(H,20,21)/t10?,15-/m0/s1. The molecule has 1 unspecified atom stereocenters. The van der Waals surface area contributed by atoms with Crippen molar-refractivity contribution in [2.45, 2.75) is 19.0 Å². The third kappa shape index (κ3) is 3.97. The summed E-state index contributed by atoms with van der Waals surface area (Å²) in [6.07, 6.45) is 0. The van der Waals surface area contributed by atoms with Gasteiger partial charge in [-0.05, 0) is 30.2 Å². The minimum Gasteiger partial charge on any atom is -0.348 e. The molecule has 0 bridgehead atoms. The first kappa shape index (κ1) is 15.8. The fourth-order valence-electron chi connectivity index (χ4n) is 2.05. The van der Waals surface area contributed by atoms with Gasteiger partial charge in [-0.15, -0.1) is 0 Å². The molecule has 3 N–H and O–H groups in total.